The van der Waals surface area contributed by atoms with Crippen LogP contribution in [-0.4, -0.2) is 33.8 Å². The minimum atomic E-state index is -0.918. The predicted octanol–water partition coefficient (Wildman–Crippen LogP) is 3.92. The van der Waals surface area contributed by atoms with E-state index >= 15 is 0 Å². The molecule has 2 aromatic carbocycles. The standard InChI is InChI=1S/C23H27N3O3/c1-15(27)26-20-11-8-17(12-18(20)13-25-26)16-6-9-19(10-7-16)23(5,14-24)21(28)29-22(2,3)4/h6-13H,14,24H2,1-5H3. The number of fused-ring (bicyclic) bond motifs is 1. The molecule has 0 bridgehead atoms. The summed E-state index contributed by atoms with van der Waals surface area (Å²) in [6.07, 6.45) is 1.68. The molecule has 0 radical (unpaired) electrons. The molecule has 2 N–H and O–H groups in total. The van der Waals surface area contributed by atoms with Crippen LogP contribution in [0, 0.1) is 0 Å². The minimum Gasteiger partial charge on any atom is -0.459 e. The van der Waals surface area contributed by atoms with E-state index < -0.39 is 11.0 Å². The highest BCUT2D eigenvalue weighted by Gasteiger charge is 2.37. The quantitative estimate of drug-likeness (QED) is 0.679. The Morgan fingerprint density at radius 1 is 1.03 bits per heavy atom. The van der Waals surface area contributed by atoms with Crippen LogP contribution in [-0.2, 0) is 14.9 Å². The number of carbonyl (C=O) groups is 2. The molecule has 6 heteroatoms. The summed E-state index contributed by atoms with van der Waals surface area (Å²) in [5.41, 5.74) is 8.04. The Labute approximate surface area is 170 Å². The molecule has 1 unspecified atom stereocenters. The van der Waals surface area contributed by atoms with Crippen LogP contribution in [0.2, 0.25) is 0 Å². The zero-order valence-corrected chi connectivity index (χ0v) is 17.5. The number of benzene rings is 2. The van der Waals surface area contributed by atoms with Gasteiger partial charge in [0.05, 0.1) is 11.7 Å². The van der Waals surface area contributed by atoms with Gasteiger partial charge in [-0.05, 0) is 56.5 Å². The first-order chi connectivity index (χ1) is 13.5. The molecule has 3 rings (SSSR count). The van der Waals surface area contributed by atoms with Gasteiger partial charge in [0.2, 0.25) is 5.91 Å². The van der Waals surface area contributed by atoms with Crippen molar-refractivity contribution in [2.24, 2.45) is 5.73 Å². The Morgan fingerprint density at radius 3 is 2.21 bits per heavy atom. The maximum atomic E-state index is 12.7. The highest BCUT2D eigenvalue weighted by molar-refractivity contribution is 5.92. The lowest BCUT2D eigenvalue weighted by molar-refractivity contribution is -0.161. The van der Waals surface area contributed by atoms with Crippen molar-refractivity contribution in [1.29, 1.82) is 0 Å². The molecule has 0 spiro atoms. The van der Waals surface area contributed by atoms with Gasteiger partial charge < -0.3 is 10.5 Å². The second kappa shape index (κ2) is 7.44. The Hall–Kier alpha value is -2.99. The van der Waals surface area contributed by atoms with Crippen LogP contribution in [0.25, 0.3) is 22.0 Å². The molecule has 0 fully saturated rings. The average Bonchev–Trinajstić information content (AvgIpc) is 3.09. The molecule has 6 nitrogen and oxygen atoms in total. The van der Waals surface area contributed by atoms with E-state index in [0.29, 0.717) is 0 Å². The van der Waals surface area contributed by atoms with E-state index in [1.165, 1.54) is 11.6 Å². The van der Waals surface area contributed by atoms with Crippen molar-refractivity contribution >= 4 is 22.8 Å². The van der Waals surface area contributed by atoms with E-state index in [4.69, 9.17) is 10.5 Å². The topological polar surface area (TPSA) is 87.2 Å². The first-order valence-corrected chi connectivity index (χ1v) is 9.58. The highest BCUT2D eigenvalue weighted by Crippen LogP contribution is 2.30. The van der Waals surface area contributed by atoms with E-state index in [2.05, 4.69) is 5.10 Å². The second-order valence-corrected chi connectivity index (χ2v) is 8.46. The molecule has 1 atom stereocenters. The van der Waals surface area contributed by atoms with E-state index in [1.54, 1.807) is 13.1 Å². The van der Waals surface area contributed by atoms with Gasteiger partial charge in [-0.25, -0.2) is 4.68 Å². The molecule has 3 aromatic rings. The van der Waals surface area contributed by atoms with Gasteiger partial charge in [0.25, 0.3) is 0 Å². The number of nitrogens with zero attached hydrogens (tertiary/aromatic N) is 2. The van der Waals surface area contributed by atoms with Gasteiger partial charge in [-0.1, -0.05) is 30.3 Å². The molecule has 0 aliphatic rings. The Balaban J connectivity index is 1.92. The number of hydrogen-bond acceptors (Lipinski definition) is 5. The van der Waals surface area contributed by atoms with Crippen LogP contribution in [0.1, 0.15) is 45.0 Å². The summed E-state index contributed by atoms with van der Waals surface area (Å²) in [7, 11) is 0. The maximum absolute atomic E-state index is 12.7. The summed E-state index contributed by atoms with van der Waals surface area (Å²) in [4.78, 5) is 24.4. The summed E-state index contributed by atoms with van der Waals surface area (Å²) < 4.78 is 6.96. The Morgan fingerprint density at radius 2 is 1.66 bits per heavy atom. The first-order valence-electron chi connectivity index (χ1n) is 9.58. The smallest absolute Gasteiger partial charge is 0.318 e. The molecule has 0 amide bonds. The number of rotatable bonds is 4. The van der Waals surface area contributed by atoms with Gasteiger partial charge in [-0.2, -0.15) is 5.10 Å². The lowest BCUT2D eigenvalue weighted by Crippen LogP contribution is -2.44. The van der Waals surface area contributed by atoms with Gasteiger partial charge in [0.1, 0.15) is 11.0 Å². The van der Waals surface area contributed by atoms with Crippen LogP contribution in [0.15, 0.2) is 48.7 Å². The predicted molar refractivity (Wildman–Crippen MR) is 114 cm³/mol. The molecule has 1 aromatic heterocycles. The van der Waals surface area contributed by atoms with Gasteiger partial charge in [0.15, 0.2) is 0 Å². The molecular weight excluding hydrogens is 366 g/mol. The fourth-order valence-corrected chi connectivity index (χ4v) is 3.20. The maximum Gasteiger partial charge on any atom is 0.318 e. The minimum absolute atomic E-state index is 0.125. The SMILES string of the molecule is CC(=O)n1ncc2cc(-c3ccc(C(C)(CN)C(=O)OC(C)(C)C)cc3)ccc21. The van der Waals surface area contributed by atoms with Crippen LogP contribution in [0.4, 0.5) is 0 Å². The number of esters is 1. The normalized spacial score (nSPS) is 13.9. The third-order valence-corrected chi connectivity index (χ3v) is 4.98. The summed E-state index contributed by atoms with van der Waals surface area (Å²) in [5, 5.41) is 5.03. The number of nitrogens with two attached hydrogens (primary N) is 1. The van der Waals surface area contributed by atoms with Gasteiger partial charge >= 0.3 is 5.97 Å². The summed E-state index contributed by atoms with van der Waals surface area (Å²) in [5.74, 6) is -0.460. The number of carbonyl (C=O) groups excluding carboxylic acids is 2. The number of hydrogen-bond donors (Lipinski definition) is 1. The summed E-state index contributed by atoms with van der Waals surface area (Å²) in [6.45, 7) is 8.97. The van der Waals surface area contributed by atoms with Crippen molar-refractivity contribution in [1.82, 2.24) is 9.78 Å². The Kier molecular flexibility index (Phi) is 5.32. The summed E-state index contributed by atoms with van der Waals surface area (Å²) >= 11 is 0. The molecule has 0 aliphatic heterocycles. The fourth-order valence-electron chi connectivity index (χ4n) is 3.20. The fraction of sp³-hybridized carbons (Fsp3) is 0.348. The van der Waals surface area contributed by atoms with Gasteiger partial charge in [-0.15, -0.1) is 0 Å². The highest BCUT2D eigenvalue weighted by atomic mass is 16.6. The van der Waals surface area contributed by atoms with Crippen molar-refractivity contribution in [3.05, 3.63) is 54.2 Å². The van der Waals surface area contributed by atoms with Crippen molar-refractivity contribution in [2.75, 3.05) is 6.54 Å². The third kappa shape index (κ3) is 4.07. The van der Waals surface area contributed by atoms with E-state index in [9.17, 15) is 9.59 Å². The van der Waals surface area contributed by atoms with Crippen LogP contribution in [0.5, 0.6) is 0 Å². The lowest BCUT2D eigenvalue weighted by Gasteiger charge is -2.31. The molecule has 0 aliphatic carbocycles. The molecule has 0 saturated heterocycles. The number of ether oxygens (including phenoxy) is 1. The van der Waals surface area contributed by atoms with Crippen molar-refractivity contribution in [3.63, 3.8) is 0 Å². The van der Waals surface area contributed by atoms with Crippen LogP contribution in [0.3, 0.4) is 0 Å². The van der Waals surface area contributed by atoms with Crippen LogP contribution >= 0.6 is 0 Å². The monoisotopic (exact) mass is 393 g/mol. The summed E-state index contributed by atoms with van der Waals surface area (Å²) in [6, 6.07) is 13.6. The molecule has 152 valence electrons. The zero-order valence-electron chi connectivity index (χ0n) is 17.5. The lowest BCUT2D eigenvalue weighted by atomic mass is 9.81. The Bertz CT molecular complexity index is 1060. The van der Waals surface area contributed by atoms with E-state index in [-0.39, 0.29) is 18.4 Å². The zero-order chi connectivity index (χ0) is 21.4. The van der Waals surface area contributed by atoms with Crippen molar-refractivity contribution in [2.45, 2.75) is 45.6 Å². The second-order valence-electron chi connectivity index (χ2n) is 8.46. The first kappa shape index (κ1) is 20.7. The largest absolute Gasteiger partial charge is 0.459 e. The van der Waals surface area contributed by atoms with Gasteiger partial charge in [0, 0.05) is 18.9 Å². The number of aromatic nitrogens is 2. The van der Waals surface area contributed by atoms with E-state index in [1.807, 2.05) is 63.2 Å². The third-order valence-electron chi connectivity index (χ3n) is 4.98. The van der Waals surface area contributed by atoms with Crippen LogP contribution < -0.4 is 5.73 Å². The van der Waals surface area contributed by atoms with Crippen molar-refractivity contribution in [3.8, 4) is 11.1 Å². The van der Waals surface area contributed by atoms with E-state index in [0.717, 1.165) is 27.6 Å². The average molecular weight is 393 g/mol. The molecular formula is C23H27N3O3. The van der Waals surface area contributed by atoms with Gasteiger partial charge in [-0.3, -0.25) is 9.59 Å². The molecule has 1 heterocycles. The van der Waals surface area contributed by atoms with Crippen molar-refractivity contribution < 1.29 is 14.3 Å². The molecule has 29 heavy (non-hydrogen) atoms. The molecule has 0 saturated carbocycles.